The Morgan fingerprint density at radius 1 is 1.56 bits per heavy atom. The topological polar surface area (TPSA) is 28.2 Å². The quantitative estimate of drug-likeness (QED) is 0.912. The summed E-state index contributed by atoms with van der Waals surface area (Å²) in [6.45, 7) is 14.4. The van der Waals surface area contributed by atoms with Crippen LogP contribution in [0.3, 0.4) is 0 Å². The summed E-state index contributed by atoms with van der Waals surface area (Å²) >= 11 is 1.78. The average Bonchev–Trinajstić information content (AvgIpc) is 2.67. The zero-order chi connectivity index (χ0) is 13.3. The van der Waals surface area contributed by atoms with Crippen molar-refractivity contribution in [3.05, 3.63) is 16.1 Å². The Kier molecular flexibility index (Phi) is 4.09. The predicted molar refractivity (Wildman–Crippen MR) is 78.0 cm³/mol. The molecule has 1 atom stereocenters. The molecule has 1 aliphatic heterocycles. The minimum atomic E-state index is 0.213. The largest absolute Gasteiger partial charge is 0.311 e. The van der Waals surface area contributed by atoms with E-state index >= 15 is 0 Å². The highest BCUT2D eigenvalue weighted by Gasteiger charge is 2.35. The van der Waals surface area contributed by atoms with Crippen molar-refractivity contribution in [3.8, 4) is 0 Å². The number of aryl methyl sites for hydroxylation is 1. The SMILES string of the molecule is Cc1csc(CN2CC(C(C)C)NCC2(C)C)n1. The highest BCUT2D eigenvalue weighted by Crippen LogP contribution is 2.24. The van der Waals surface area contributed by atoms with Crippen molar-refractivity contribution < 1.29 is 0 Å². The molecule has 102 valence electrons. The van der Waals surface area contributed by atoms with Gasteiger partial charge in [-0.15, -0.1) is 11.3 Å². The van der Waals surface area contributed by atoms with Crippen molar-refractivity contribution in [2.24, 2.45) is 5.92 Å². The van der Waals surface area contributed by atoms with Crippen molar-refractivity contribution >= 4 is 11.3 Å². The van der Waals surface area contributed by atoms with E-state index < -0.39 is 0 Å². The molecule has 0 saturated carbocycles. The molecule has 1 saturated heterocycles. The van der Waals surface area contributed by atoms with Gasteiger partial charge in [0.15, 0.2) is 0 Å². The average molecular weight is 267 g/mol. The number of aromatic nitrogens is 1. The van der Waals surface area contributed by atoms with Crippen LogP contribution >= 0.6 is 11.3 Å². The van der Waals surface area contributed by atoms with Gasteiger partial charge in [-0.1, -0.05) is 13.8 Å². The molecule has 0 radical (unpaired) electrons. The highest BCUT2D eigenvalue weighted by atomic mass is 32.1. The van der Waals surface area contributed by atoms with Crippen LogP contribution in [0, 0.1) is 12.8 Å². The fourth-order valence-electron chi connectivity index (χ4n) is 2.41. The van der Waals surface area contributed by atoms with E-state index in [-0.39, 0.29) is 5.54 Å². The van der Waals surface area contributed by atoms with Crippen LogP contribution in [-0.4, -0.2) is 34.6 Å². The van der Waals surface area contributed by atoms with Gasteiger partial charge in [0.1, 0.15) is 5.01 Å². The molecule has 0 amide bonds. The smallest absolute Gasteiger partial charge is 0.107 e. The molecule has 1 N–H and O–H groups in total. The third-order valence-electron chi connectivity index (χ3n) is 3.87. The van der Waals surface area contributed by atoms with Gasteiger partial charge in [0.25, 0.3) is 0 Å². The number of nitrogens with one attached hydrogen (secondary N) is 1. The van der Waals surface area contributed by atoms with E-state index in [0.29, 0.717) is 12.0 Å². The standard InChI is InChI=1S/C14H25N3S/c1-10(2)12-6-17(14(4,5)9-15-12)7-13-16-11(3)8-18-13/h8,10,12,15H,6-7,9H2,1-5H3. The Balaban J connectivity index is 2.07. The Hall–Kier alpha value is -0.450. The molecular formula is C14H25N3S. The molecule has 3 nitrogen and oxygen atoms in total. The number of rotatable bonds is 3. The normalized spacial score (nSPS) is 24.7. The van der Waals surface area contributed by atoms with E-state index in [2.05, 4.69) is 55.2 Å². The van der Waals surface area contributed by atoms with Gasteiger partial charge in [0.05, 0.1) is 6.54 Å². The number of piperazine rings is 1. The number of thiazole rings is 1. The summed E-state index contributed by atoms with van der Waals surface area (Å²) in [4.78, 5) is 7.17. The summed E-state index contributed by atoms with van der Waals surface area (Å²) in [5.74, 6) is 0.682. The van der Waals surface area contributed by atoms with Gasteiger partial charge < -0.3 is 5.32 Å². The minimum absolute atomic E-state index is 0.213. The van der Waals surface area contributed by atoms with Gasteiger partial charge in [-0.3, -0.25) is 4.90 Å². The first-order valence-electron chi connectivity index (χ1n) is 6.78. The Labute approximate surface area is 115 Å². The predicted octanol–water partition coefficient (Wildman–Crippen LogP) is 2.66. The van der Waals surface area contributed by atoms with Crippen LogP contribution in [0.25, 0.3) is 0 Å². The summed E-state index contributed by atoms with van der Waals surface area (Å²) in [6, 6.07) is 0.596. The summed E-state index contributed by atoms with van der Waals surface area (Å²) in [6.07, 6.45) is 0. The fourth-order valence-corrected chi connectivity index (χ4v) is 3.19. The third-order valence-corrected chi connectivity index (χ3v) is 4.82. The van der Waals surface area contributed by atoms with Crippen LogP contribution in [-0.2, 0) is 6.54 Å². The van der Waals surface area contributed by atoms with E-state index in [4.69, 9.17) is 0 Å². The molecule has 18 heavy (non-hydrogen) atoms. The lowest BCUT2D eigenvalue weighted by molar-refractivity contribution is 0.0474. The lowest BCUT2D eigenvalue weighted by atomic mass is 9.93. The second-order valence-electron chi connectivity index (χ2n) is 6.31. The number of nitrogens with zero attached hydrogens (tertiary/aromatic N) is 2. The first-order chi connectivity index (χ1) is 8.38. The molecule has 1 aromatic heterocycles. The summed E-state index contributed by atoms with van der Waals surface area (Å²) in [5.41, 5.74) is 1.36. The van der Waals surface area contributed by atoms with E-state index in [0.717, 1.165) is 25.3 Å². The first-order valence-corrected chi connectivity index (χ1v) is 7.66. The number of hydrogen-bond acceptors (Lipinski definition) is 4. The summed E-state index contributed by atoms with van der Waals surface area (Å²) < 4.78 is 0. The van der Waals surface area contributed by atoms with Crippen molar-refractivity contribution in [2.75, 3.05) is 13.1 Å². The molecule has 1 unspecified atom stereocenters. The maximum absolute atomic E-state index is 4.60. The maximum atomic E-state index is 4.60. The molecule has 1 fully saturated rings. The Morgan fingerprint density at radius 3 is 2.83 bits per heavy atom. The Bertz CT molecular complexity index is 397. The molecule has 0 bridgehead atoms. The van der Waals surface area contributed by atoms with Crippen molar-refractivity contribution in [2.45, 2.75) is 52.7 Å². The van der Waals surface area contributed by atoms with E-state index in [1.807, 2.05) is 0 Å². The third kappa shape index (κ3) is 3.11. The van der Waals surface area contributed by atoms with Gasteiger partial charge in [-0.2, -0.15) is 0 Å². The van der Waals surface area contributed by atoms with Gasteiger partial charge >= 0.3 is 0 Å². The molecule has 0 aliphatic carbocycles. The summed E-state index contributed by atoms with van der Waals surface area (Å²) in [7, 11) is 0. The highest BCUT2D eigenvalue weighted by molar-refractivity contribution is 7.09. The van der Waals surface area contributed by atoms with Crippen LogP contribution in [0.5, 0.6) is 0 Å². The Morgan fingerprint density at radius 2 is 2.28 bits per heavy atom. The van der Waals surface area contributed by atoms with Crippen molar-refractivity contribution in [1.82, 2.24) is 15.2 Å². The first kappa shape index (κ1) is 14.0. The molecule has 1 aliphatic rings. The maximum Gasteiger partial charge on any atom is 0.107 e. The van der Waals surface area contributed by atoms with Crippen molar-refractivity contribution in [1.29, 1.82) is 0 Å². The molecule has 1 aromatic rings. The van der Waals surface area contributed by atoms with Crippen molar-refractivity contribution in [3.63, 3.8) is 0 Å². The second kappa shape index (κ2) is 5.27. The lowest BCUT2D eigenvalue weighted by Crippen LogP contribution is -2.62. The summed E-state index contributed by atoms with van der Waals surface area (Å²) in [5, 5.41) is 7.06. The van der Waals surface area contributed by atoms with Gasteiger partial charge in [-0.05, 0) is 26.7 Å². The molecule has 0 aromatic carbocycles. The fraction of sp³-hybridized carbons (Fsp3) is 0.786. The van der Waals surface area contributed by atoms with E-state index in [1.54, 1.807) is 11.3 Å². The second-order valence-corrected chi connectivity index (χ2v) is 7.25. The molecule has 2 heterocycles. The van der Waals surface area contributed by atoms with E-state index in [1.165, 1.54) is 5.01 Å². The van der Waals surface area contributed by atoms with Crippen LogP contribution in [0.2, 0.25) is 0 Å². The van der Waals surface area contributed by atoms with Crippen LogP contribution in [0.1, 0.15) is 38.4 Å². The zero-order valence-electron chi connectivity index (χ0n) is 12.2. The molecule has 2 rings (SSSR count). The van der Waals surface area contributed by atoms with Crippen LogP contribution in [0.4, 0.5) is 0 Å². The van der Waals surface area contributed by atoms with E-state index in [9.17, 15) is 0 Å². The van der Waals surface area contributed by atoms with Gasteiger partial charge in [0, 0.05) is 35.7 Å². The number of hydrogen-bond donors (Lipinski definition) is 1. The molecule has 0 spiro atoms. The molecular weight excluding hydrogens is 242 g/mol. The van der Waals surface area contributed by atoms with Gasteiger partial charge in [-0.25, -0.2) is 4.98 Å². The zero-order valence-corrected chi connectivity index (χ0v) is 13.0. The minimum Gasteiger partial charge on any atom is -0.311 e. The lowest BCUT2D eigenvalue weighted by Gasteiger charge is -2.47. The molecule has 4 heteroatoms. The van der Waals surface area contributed by atoms with Gasteiger partial charge in [0.2, 0.25) is 0 Å². The monoisotopic (exact) mass is 267 g/mol. The van der Waals surface area contributed by atoms with Crippen LogP contribution < -0.4 is 5.32 Å². The van der Waals surface area contributed by atoms with Crippen LogP contribution in [0.15, 0.2) is 5.38 Å².